The van der Waals surface area contributed by atoms with Gasteiger partial charge in [0.15, 0.2) is 0 Å². The molecule has 0 radical (unpaired) electrons. The van der Waals surface area contributed by atoms with E-state index in [1.807, 2.05) is 25.1 Å². The number of nitrogens with zero attached hydrogens (tertiary/aromatic N) is 3. The molecule has 0 spiro atoms. The predicted molar refractivity (Wildman–Crippen MR) is 97.1 cm³/mol. The number of fused-ring (bicyclic) bond motifs is 1. The van der Waals surface area contributed by atoms with Crippen molar-refractivity contribution in [1.82, 2.24) is 4.98 Å². The Morgan fingerprint density at radius 2 is 2.13 bits per heavy atom. The number of hydrogen-bond acceptors (Lipinski definition) is 4. The average molecular weight is 416 g/mol. The van der Waals surface area contributed by atoms with E-state index >= 15 is 0 Å². The van der Waals surface area contributed by atoms with Gasteiger partial charge in [0.25, 0.3) is 5.91 Å². The van der Waals surface area contributed by atoms with Crippen molar-refractivity contribution in [3.8, 4) is 6.07 Å². The summed E-state index contributed by atoms with van der Waals surface area (Å²) >= 11 is 2.20. The van der Waals surface area contributed by atoms with Gasteiger partial charge in [-0.05, 0) is 65.3 Å². The molecule has 3 rings (SSSR count). The van der Waals surface area contributed by atoms with Gasteiger partial charge in [-0.15, -0.1) is 0 Å². The number of aromatic nitrogens is 1. The Morgan fingerprint density at radius 1 is 1.35 bits per heavy atom. The molecule has 1 aromatic carbocycles. The Balaban J connectivity index is 1.89. The maximum atomic E-state index is 12.5. The molecule has 0 fully saturated rings. The van der Waals surface area contributed by atoms with Gasteiger partial charge in [-0.3, -0.25) is 9.79 Å². The lowest BCUT2D eigenvalue weighted by Gasteiger charge is -2.10. The summed E-state index contributed by atoms with van der Waals surface area (Å²) in [6, 6.07) is 7.85. The quantitative estimate of drug-likeness (QED) is 0.762. The van der Waals surface area contributed by atoms with Gasteiger partial charge in [0, 0.05) is 17.4 Å². The molecule has 114 valence electrons. The topological polar surface area (TPSA) is 78.1 Å². The van der Waals surface area contributed by atoms with Gasteiger partial charge in [-0.2, -0.15) is 5.26 Å². The lowest BCUT2D eigenvalue weighted by molar-refractivity contribution is 0.102. The predicted octanol–water partition coefficient (Wildman–Crippen LogP) is 3.52. The molecule has 0 saturated carbocycles. The monoisotopic (exact) mass is 416 g/mol. The molecule has 23 heavy (non-hydrogen) atoms. The van der Waals surface area contributed by atoms with E-state index in [9.17, 15) is 4.79 Å². The van der Waals surface area contributed by atoms with Crippen molar-refractivity contribution in [1.29, 1.82) is 5.26 Å². The third kappa shape index (κ3) is 2.84. The van der Waals surface area contributed by atoms with E-state index in [1.54, 1.807) is 6.92 Å². The van der Waals surface area contributed by atoms with E-state index in [0.29, 0.717) is 23.5 Å². The summed E-state index contributed by atoms with van der Waals surface area (Å²) in [7, 11) is 0. The number of nitrogens with one attached hydrogen (secondary N) is 1. The van der Waals surface area contributed by atoms with Crippen LogP contribution < -0.4 is 5.32 Å². The van der Waals surface area contributed by atoms with Crippen molar-refractivity contribution >= 4 is 37.9 Å². The molecule has 2 aromatic rings. The van der Waals surface area contributed by atoms with Crippen LogP contribution in [0.15, 0.2) is 29.4 Å². The van der Waals surface area contributed by atoms with Crippen LogP contribution in [-0.4, -0.2) is 14.6 Å². The van der Waals surface area contributed by atoms with E-state index in [4.69, 9.17) is 5.26 Å². The number of aliphatic imine (C=N–C) groups is 1. The normalized spacial score (nSPS) is 12.3. The maximum Gasteiger partial charge on any atom is 0.274 e. The Bertz CT molecular complexity index is 896. The van der Waals surface area contributed by atoms with Crippen LogP contribution in [0.5, 0.6) is 0 Å². The van der Waals surface area contributed by atoms with E-state index in [-0.39, 0.29) is 5.91 Å². The third-order valence-electron chi connectivity index (χ3n) is 3.96. The second-order valence-corrected chi connectivity index (χ2v) is 6.34. The van der Waals surface area contributed by atoms with Crippen LogP contribution in [0.4, 0.5) is 5.69 Å². The molecule has 5 nitrogen and oxygen atoms in total. The second kappa shape index (κ2) is 6.08. The van der Waals surface area contributed by atoms with Crippen LogP contribution in [0.2, 0.25) is 0 Å². The number of anilines is 1. The minimum absolute atomic E-state index is 0.278. The first-order valence-corrected chi connectivity index (χ1v) is 8.10. The second-order valence-electron chi connectivity index (χ2n) is 5.32. The van der Waals surface area contributed by atoms with Gasteiger partial charge in [0.1, 0.15) is 15.5 Å². The molecule has 0 unspecified atom stereocenters. The highest BCUT2D eigenvalue weighted by Gasteiger charge is 2.17. The standard InChI is InChI=1S/C17H13IN4O/c1-9-10(2)15(20-8-12(9)6-19)17(23)22-13-4-3-11-7-21-16(18)14(11)5-13/h3-5,8H,7H2,1-2H3,(H,22,23). The zero-order chi connectivity index (χ0) is 16.6. The number of benzene rings is 1. The van der Waals surface area contributed by atoms with Crippen LogP contribution in [0.1, 0.15) is 38.3 Å². The highest BCUT2D eigenvalue weighted by Crippen LogP contribution is 2.26. The Morgan fingerprint density at radius 3 is 2.87 bits per heavy atom. The number of pyridine rings is 1. The zero-order valence-corrected chi connectivity index (χ0v) is 14.8. The van der Waals surface area contributed by atoms with Crippen LogP contribution in [-0.2, 0) is 6.54 Å². The summed E-state index contributed by atoms with van der Waals surface area (Å²) in [4.78, 5) is 21.0. The van der Waals surface area contributed by atoms with Crippen molar-refractivity contribution in [2.45, 2.75) is 20.4 Å². The number of hydrogen-bond donors (Lipinski definition) is 1. The molecular weight excluding hydrogens is 403 g/mol. The van der Waals surface area contributed by atoms with Crippen LogP contribution in [0.25, 0.3) is 0 Å². The number of carbonyl (C=O) groups is 1. The molecule has 1 N–H and O–H groups in total. The molecule has 0 saturated heterocycles. The minimum Gasteiger partial charge on any atom is -0.321 e. The fourth-order valence-electron chi connectivity index (χ4n) is 2.46. The van der Waals surface area contributed by atoms with Gasteiger partial charge in [-0.1, -0.05) is 6.07 Å². The summed E-state index contributed by atoms with van der Waals surface area (Å²) < 4.78 is 0.956. The summed E-state index contributed by atoms with van der Waals surface area (Å²) in [5, 5.41) is 11.9. The van der Waals surface area contributed by atoms with Crippen molar-refractivity contribution in [2.75, 3.05) is 5.32 Å². The Labute approximate surface area is 147 Å². The van der Waals surface area contributed by atoms with Crippen LogP contribution >= 0.6 is 22.6 Å². The van der Waals surface area contributed by atoms with Crippen molar-refractivity contribution in [2.24, 2.45) is 4.99 Å². The van der Waals surface area contributed by atoms with Crippen molar-refractivity contribution in [3.05, 3.63) is 57.9 Å². The van der Waals surface area contributed by atoms with Gasteiger partial charge < -0.3 is 5.32 Å². The SMILES string of the molecule is Cc1c(C#N)cnc(C(=O)Nc2ccc3c(c2)C(I)=NC3)c1C. The fraction of sp³-hybridized carbons (Fsp3) is 0.176. The molecule has 1 aliphatic rings. The van der Waals surface area contributed by atoms with Gasteiger partial charge in [-0.25, -0.2) is 4.98 Å². The molecule has 6 heteroatoms. The van der Waals surface area contributed by atoms with E-state index < -0.39 is 0 Å². The minimum atomic E-state index is -0.278. The first-order valence-electron chi connectivity index (χ1n) is 7.02. The summed E-state index contributed by atoms with van der Waals surface area (Å²) in [6.45, 7) is 4.31. The summed E-state index contributed by atoms with van der Waals surface area (Å²) in [6.07, 6.45) is 1.44. The lowest BCUT2D eigenvalue weighted by Crippen LogP contribution is -2.16. The first kappa shape index (κ1) is 15.6. The van der Waals surface area contributed by atoms with E-state index in [2.05, 4.69) is 44.0 Å². The van der Waals surface area contributed by atoms with Gasteiger partial charge in [0.05, 0.1) is 12.1 Å². The number of nitriles is 1. The third-order valence-corrected chi connectivity index (χ3v) is 4.88. The Kier molecular flexibility index (Phi) is 4.13. The number of rotatable bonds is 2. The lowest BCUT2D eigenvalue weighted by atomic mass is 10.0. The highest BCUT2D eigenvalue weighted by atomic mass is 127. The largest absolute Gasteiger partial charge is 0.321 e. The molecule has 1 aliphatic heterocycles. The Hall–Kier alpha value is -2.27. The maximum absolute atomic E-state index is 12.5. The van der Waals surface area contributed by atoms with Crippen LogP contribution in [0, 0.1) is 25.2 Å². The summed E-state index contributed by atoms with van der Waals surface area (Å²) in [5.74, 6) is -0.278. The molecule has 1 amide bonds. The molecule has 2 heterocycles. The van der Waals surface area contributed by atoms with Gasteiger partial charge >= 0.3 is 0 Å². The molecule has 0 bridgehead atoms. The zero-order valence-electron chi connectivity index (χ0n) is 12.6. The van der Waals surface area contributed by atoms with Crippen molar-refractivity contribution < 1.29 is 4.79 Å². The smallest absolute Gasteiger partial charge is 0.274 e. The molecule has 0 atom stereocenters. The van der Waals surface area contributed by atoms with Crippen LogP contribution in [0.3, 0.4) is 0 Å². The highest BCUT2D eigenvalue weighted by molar-refractivity contribution is 14.1. The molecular formula is C17H13IN4O. The first-order chi connectivity index (χ1) is 11.0. The number of carbonyl (C=O) groups excluding carboxylic acids is 1. The van der Waals surface area contributed by atoms with E-state index in [1.165, 1.54) is 6.20 Å². The van der Waals surface area contributed by atoms with E-state index in [0.717, 1.165) is 26.0 Å². The molecule has 1 aromatic heterocycles. The summed E-state index contributed by atoms with van der Waals surface area (Å²) in [5.41, 5.74) is 5.26. The fourth-order valence-corrected chi connectivity index (χ4v) is 3.13. The van der Waals surface area contributed by atoms with Crippen molar-refractivity contribution in [3.63, 3.8) is 0 Å². The number of halogens is 1. The number of amides is 1. The van der Waals surface area contributed by atoms with Gasteiger partial charge in [0.2, 0.25) is 0 Å². The molecule has 0 aliphatic carbocycles. The average Bonchev–Trinajstić information content (AvgIpc) is 2.91.